The minimum Gasteiger partial charge on any atom is -0.385 e. The topological polar surface area (TPSA) is 38.7 Å². The lowest BCUT2D eigenvalue weighted by Gasteiger charge is -2.38. The van der Waals surface area contributed by atoms with E-state index in [0.717, 1.165) is 18.8 Å². The lowest BCUT2D eigenvalue weighted by molar-refractivity contribution is -0.238. The van der Waals surface area contributed by atoms with Gasteiger partial charge in [0.15, 0.2) is 5.79 Å². The van der Waals surface area contributed by atoms with Crippen molar-refractivity contribution in [1.82, 2.24) is 0 Å². The summed E-state index contributed by atoms with van der Waals surface area (Å²) in [7, 11) is 3.40. The molecule has 0 aromatic rings. The molecule has 3 nitrogen and oxygen atoms in total. The summed E-state index contributed by atoms with van der Waals surface area (Å²) in [4.78, 5) is 0. The Morgan fingerprint density at radius 3 is 2.70 bits per heavy atom. The fourth-order valence-electron chi connectivity index (χ4n) is 5.50. The molecule has 0 heterocycles. The Bertz CT molecular complexity index is 477. The highest BCUT2D eigenvalue weighted by atomic mass is 16.7. The molecular weight excluding hydrogens is 252 g/mol. The van der Waals surface area contributed by atoms with Crippen LogP contribution in [-0.4, -0.2) is 30.7 Å². The van der Waals surface area contributed by atoms with E-state index in [1.165, 1.54) is 24.8 Å². The Morgan fingerprint density at radius 2 is 2.00 bits per heavy atom. The van der Waals surface area contributed by atoms with Crippen LogP contribution in [0.15, 0.2) is 23.8 Å². The van der Waals surface area contributed by atoms with E-state index in [0.29, 0.717) is 5.92 Å². The minimum absolute atomic E-state index is 0.0689. The third-order valence-corrected chi connectivity index (χ3v) is 6.37. The van der Waals surface area contributed by atoms with Crippen LogP contribution in [0.5, 0.6) is 0 Å². The van der Waals surface area contributed by atoms with Crippen LogP contribution in [0, 0.1) is 23.7 Å². The fourth-order valence-corrected chi connectivity index (χ4v) is 5.50. The quantitative estimate of drug-likeness (QED) is 0.636. The predicted octanol–water partition coefficient (Wildman–Crippen LogP) is 2.66. The summed E-state index contributed by atoms with van der Waals surface area (Å²) in [6, 6.07) is 0. The number of rotatable bonds is 3. The van der Waals surface area contributed by atoms with Gasteiger partial charge in [-0.15, -0.1) is 0 Å². The summed E-state index contributed by atoms with van der Waals surface area (Å²) in [6.45, 7) is 0. The Balaban J connectivity index is 1.71. The van der Waals surface area contributed by atoms with Crippen molar-refractivity contribution in [2.75, 3.05) is 14.2 Å². The molecule has 0 aromatic carbocycles. The van der Waals surface area contributed by atoms with E-state index >= 15 is 0 Å². The van der Waals surface area contributed by atoms with Crippen molar-refractivity contribution in [1.29, 1.82) is 0 Å². The molecule has 2 saturated carbocycles. The number of ether oxygens (including phenoxy) is 2. The van der Waals surface area contributed by atoms with Crippen LogP contribution in [0.1, 0.15) is 32.1 Å². The molecule has 0 saturated heterocycles. The van der Waals surface area contributed by atoms with Crippen molar-refractivity contribution in [3.63, 3.8) is 0 Å². The monoisotopic (exact) mass is 276 g/mol. The number of fused-ring (bicyclic) bond motifs is 3. The van der Waals surface area contributed by atoms with Crippen LogP contribution in [0.4, 0.5) is 0 Å². The zero-order chi connectivity index (χ0) is 14.0. The minimum atomic E-state index is -0.755. The predicted molar refractivity (Wildman–Crippen MR) is 76.0 cm³/mol. The molecule has 110 valence electrons. The fraction of sp³-hybridized carbons (Fsp3) is 0.765. The second-order valence-corrected chi connectivity index (χ2v) is 6.92. The lowest BCUT2D eigenvalue weighted by Crippen LogP contribution is -2.47. The normalized spacial score (nSPS) is 47.9. The summed E-state index contributed by atoms with van der Waals surface area (Å²) in [6.07, 6.45) is 12.4. The van der Waals surface area contributed by atoms with Gasteiger partial charge < -0.3 is 14.6 Å². The first-order valence-electron chi connectivity index (χ1n) is 7.87. The van der Waals surface area contributed by atoms with Gasteiger partial charge in [0.2, 0.25) is 0 Å². The number of allylic oxidation sites excluding steroid dienone is 1. The van der Waals surface area contributed by atoms with Crippen molar-refractivity contribution in [3.05, 3.63) is 23.8 Å². The molecule has 4 aliphatic rings. The second kappa shape index (κ2) is 4.19. The average molecular weight is 276 g/mol. The summed E-state index contributed by atoms with van der Waals surface area (Å²) >= 11 is 0. The van der Waals surface area contributed by atoms with E-state index in [1.807, 2.05) is 0 Å². The highest BCUT2D eigenvalue weighted by Gasteiger charge is 2.66. The third kappa shape index (κ3) is 1.36. The highest BCUT2D eigenvalue weighted by Crippen LogP contribution is 2.61. The molecule has 20 heavy (non-hydrogen) atoms. The van der Waals surface area contributed by atoms with Crippen LogP contribution in [-0.2, 0) is 9.47 Å². The molecule has 4 aliphatic carbocycles. The number of hydrogen-bond acceptors (Lipinski definition) is 3. The van der Waals surface area contributed by atoms with Gasteiger partial charge in [-0.1, -0.05) is 24.6 Å². The number of aliphatic hydroxyl groups is 1. The van der Waals surface area contributed by atoms with Gasteiger partial charge in [-0.3, -0.25) is 0 Å². The van der Waals surface area contributed by atoms with Crippen LogP contribution in [0.2, 0.25) is 0 Å². The van der Waals surface area contributed by atoms with Crippen LogP contribution >= 0.6 is 0 Å². The molecule has 2 fully saturated rings. The Morgan fingerprint density at radius 1 is 1.20 bits per heavy atom. The smallest absolute Gasteiger partial charge is 0.183 e. The number of methoxy groups -OCH3 is 2. The second-order valence-electron chi connectivity index (χ2n) is 6.92. The van der Waals surface area contributed by atoms with E-state index in [4.69, 9.17) is 9.47 Å². The molecule has 0 unspecified atom stereocenters. The van der Waals surface area contributed by atoms with Crippen LogP contribution < -0.4 is 0 Å². The third-order valence-electron chi connectivity index (χ3n) is 6.37. The van der Waals surface area contributed by atoms with E-state index in [9.17, 15) is 5.11 Å². The summed E-state index contributed by atoms with van der Waals surface area (Å²) in [5.74, 6) is 0.803. The van der Waals surface area contributed by atoms with E-state index in [2.05, 4.69) is 18.2 Å². The first-order chi connectivity index (χ1) is 9.65. The van der Waals surface area contributed by atoms with Gasteiger partial charge in [-0.2, -0.15) is 0 Å². The van der Waals surface area contributed by atoms with Gasteiger partial charge in [-0.25, -0.2) is 0 Å². The van der Waals surface area contributed by atoms with Crippen LogP contribution in [0.3, 0.4) is 0 Å². The maximum absolute atomic E-state index is 11.4. The SMILES string of the molecule is COC1(OC)[C@H]2C=C[C@H]1C[C@@]2(O)C1=CC[C@H]2CCC[C@H]12. The maximum Gasteiger partial charge on any atom is 0.183 e. The van der Waals surface area contributed by atoms with Crippen LogP contribution in [0.25, 0.3) is 0 Å². The maximum atomic E-state index is 11.4. The highest BCUT2D eigenvalue weighted by molar-refractivity contribution is 5.38. The molecular formula is C17H24O3. The molecule has 0 amide bonds. The lowest BCUT2D eigenvalue weighted by atomic mass is 9.75. The Labute approximate surface area is 120 Å². The Hall–Kier alpha value is -0.640. The van der Waals surface area contributed by atoms with Crippen molar-refractivity contribution >= 4 is 0 Å². The van der Waals surface area contributed by atoms with Crippen molar-refractivity contribution in [2.45, 2.75) is 43.5 Å². The number of hydrogen-bond donors (Lipinski definition) is 1. The molecule has 5 atom stereocenters. The summed E-state index contributed by atoms with van der Waals surface area (Å²) in [5, 5.41) is 11.4. The van der Waals surface area contributed by atoms with Crippen molar-refractivity contribution in [2.24, 2.45) is 23.7 Å². The van der Waals surface area contributed by atoms with Gasteiger partial charge >= 0.3 is 0 Å². The van der Waals surface area contributed by atoms with Crippen molar-refractivity contribution < 1.29 is 14.6 Å². The van der Waals surface area contributed by atoms with Gasteiger partial charge in [0.05, 0.1) is 11.5 Å². The zero-order valence-electron chi connectivity index (χ0n) is 12.3. The molecule has 0 aliphatic heterocycles. The molecule has 0 aromatic heterocycles. The Kier molecular flexibility index (Phi) is 2.73. The van der Waals surface area contributed by atoms with Gasteiger partial charge in [0.1, 0.15) is 0 Å². The molecule has 4 rings (SSSR count). The first-order valence-corrected chi connectivity index (χ1v) is 7.87. The molecule has 1 N–H and O–H groups in total. The van der Waals surface area contributed by atoms with Gasteiger partial charge in [0, 0.05) is 20.1 Å². The molecule has 0 spiro atoms. The van der Waals surface area contributed by atoms with Gasteiger partial charge in [-0.05, 0) is 43.1 Å². The first kappa shape index (κ1) is 13.1. The summed E-state index contributed by atoms with van der Waals surface area (Å²) in [5.41, 5.74) is 0.533. The van der Waals surface area contributed by atoms with E-state index in [-0.39, 0.29) is 11.8 Å². The summed E-state index contributed by atoms with van der Waals surface area (Å²) < 4.78 is 11.5. The van der Waals surface area contributed by atoms with Crippen molar-refractivity contribution in [3.8, 4) is 0 Å². The van der Waals surface area contributed by atoms with E-state index in [1.54, 1.807) is 14.2 Å². The molecule has 3 heteroatoms. The zero-order valence-corrected chi connectivity index (χ0v) is 12.3. The standard InChI is InChI=1S/C17H24O3/c1-19-17(20-2)12-7-9-15(17)16(18,10-12)14-8-6-11-4-3-5-13(11)14/h7-9,11-13,15,18H,3-6,10H2,1-2H3/t11-,12+,13+,15+,16-/m1/s1. The largest absolute Gasteiger partial charge is 0.385 e. The average Bonchev–Trinajstić information content (AvgIpc) is 3.15. The van der Waals surface area contributed by atoms with E-state index < -0.39 is 11.4 Å². The molecule has 0 radical (unpaired) electrons. The molecule has 2 bridgehead atoms. The van der Waals surface area contributed by atoms with Gasteiger partial charge in [0.25, 0.3) is 0 Å².